The van der Waals surface area contributed by atoms with Gasteiger partial charge in [-0.1, -0.05) is 64.5 Å². The van der Waals surface area contributed by atoms with Gasteiger partial charge in [-0.05, 0) is 82.3 Å². The highest BCUT2D eigenvalue weighted by molar-refractivity contribution is 5.83. The second-order valence-corrected chi connectivity index (χ2v) is 22.2. The van der Waals surface area contributed by atoms with Gasteiger partial charge in [0.1, 0.15) is 11.6 Å². The summed E-state index contributed by atoms with van der Waals surface area (Å²) in [5.41, 5.74) is 0.499. The first-order valence-corrected chi connectivity index (χ1v) is 29.6. The molecule has 4 atom stereocenters. The Kier molecular flexibility index (Phi) is 28.7. The lowest BCUT2D eigenvalue weighted by Gasteiger charge is -2.46. The Morgan fingerprint density at radius 3 is 1.88 bits per heavy atom. The number of carboxylic acids is 4. The van der Waals surface area contributed by atoms with Gasteiger partial charge in [-0.2, -0.15) is 15.0 Å². The first-order valence-electron chi connectivity index (χ1n) is 29.6. The van der Waals surface area contributed by atoms with Crippen LogP contribution in [0.15, 0.2) is 24.3 Å². The standard InChI is InChI=1S/C56H94N14O12/c1-5-65-27-28-66(6-2)31-36-70(40-49(76)77)44(38-68(30-29-65)39-48(74)75)37-42-19-21-43(22-20-42)58-52-60-53(64(3)4)62-54(61-52)69-34-32-67(33-35-69)26-16-12-10-8-7-9-11-13-18-46(71)57-25-15-14-17-45(50(78)79)59-55(81)63-56(24-23-47(72)73)41-82-51(56)80/h19-22,44-45,51,80H,5-18,23-41H2,1-4H3,(H,57,71)(H,72,73)(H,74,75)(H,76,77)(H,78,79)(H2,59,63,81)(H,58,60,61,62)/t44?,45-,51?,56+/m0/s1. The Hall–Kier alpha value is -6.03. The van der Waals surface area contributed by atoms with Crippen LogP contribution < -0.4 is 31.1 Å². The van der Waals surface area contributed by atoms with Crippen molar-refractivity contribution in [3.8, 4) is 0 Å². The van der Waals surface area contributed by atoms with E-state index in [1.54, 1.807) is 0 Å². The summed E-state index contributed by atoms with van der Waals surface area (Å²) in [6.07, 6.45) is 8.89. The number of hydrogen-bond donors (Lipinski definition) is 9. The van der Waals surface area contributed by atoms with Crippen molar-refractivity contribution >= 4 is 59.3 Å². The number of aliphatic hydroxyl groups is 1. The van der Waals surface area contributed by atoms with Gasteiger partial charge in [-0.3, -0.25) is 33.9 Å². The SMILES string of the molecule is CCN1CCN(CC)CCN(CC(=O)O)C(Cc2ccc(Nc3nc(N(C)C)nc(N4CCN(CCCCCCCCCCC(=O)NCCCC[C@H](NC(=O)N[C@]5(CCC(=O)O)COC5O)C(=O)O)CC4)n3)cc2)CN(CC(=O)O)CC1. The average molecular weight is 1160 g/mol. The molecule has 26 nitrogen and oxygen atoms in total. The number of rotatable bonds is 34. The Labute approximate surface area is 483 Å². The van der Waals surface area contributed by atoms with E-state index in [2.05, 4.69) is 54.7 Å². The fraction of sp³-hybridized carbons (Fsp3) is 0.732. The zero-order valence-corrected chi connectivity index (χ0v) is 48.9. The van der Waals surface area contributed by atoms with Gasteiger partial charge >= 0.3 is 29.9 Å². The van der Waals surface area contributed by atoms with Gasteiger partial charge < -0.3 is 71.1 Å². The van der Waals surface area contributed by atoms with E-state index in [0.29, 0.717) is 69.7 Å². The molecule has 4 heterocycles. The van der Waals surface area contributed by atoms with Crippen LogP contribution in [0.1, 0.15) is 109 Å². The van der Waals surface area contributed by atoms with Crippen molar-refractivity contribution in [1.29, 1.82) is 0 Å². The van der Waals surface area contributed by atoms with E-state index in [4.69, 9.17) is 24.8 Å². The summed E-state index contributed by atoms with van der Waals surface area (Å²) >= 11 is 0. The molecule has 1 aromatic carbocycles. The Balaban J connectivity index is 0.970. The molecule has 0 spiro atoms. The zero-order valence-electron chi connectivity index (χ0n) is 48.9. The van der Waals surface area contributed by atoms with E-state index in [1.807, 2.05) is 53.1 Å². The van der Waals surface area contributed by atoms with Crippen LogP contribution in [-0.2, 0) is 35.1 Å². The number of nitrogens with zero attached hydrogens (tertiary/aromatic N) is 10. The molecular weight excluding hydrogens is 1060 g/mol. The van der Waals surface area contributed by atoms with Crippen molar-refractivity contribution in [2.75, 3.05) is 147 Å². The lowest BCUT2D eigenvalue weighted by molar-refractivity contribution is -0.254. The average Bonchev–Trinajstić information content (AvgIpc) is 3.62. The Morgan fingerprint density at radius 1 is 0.695 bits per heavy atom. The van der Waals surface area contributed by atoms with Crippen LogP contribution in [0.5, 0.6) is 0 Å². The molecule has 460 valence electrons. The number of ether oxygens (including phenoxy) is 1. The number of nitrogens with one attached hydrogen (secondary N) is 4. The number of benzene rings is 1. The third kappa shape index (κ3) is 23.7. The maximum Gasteiger partial charge on any atom is 0.326 e. The molecule has 2 aromatic rings. The normalized spacial score (nSPS) is 20.4. The van der Waals surface area contributed by atoms with Gasteiger partial charge in [0.2, 0.25) is 23.8 Å². The highest BCUT2D eigenvalue weighted by Gasteiger charge is 2.49. The minimum atomic E-state index is -1.39. The van der Waals surface area contributed by atoms with Crippen LogP contribution in [0, 0.1) is 0 Å². The maximum atomic E-state index is 12.5. The number of aliphatic hydroxyl groups excluding tert-OH is 1. The second-order valence-electron chi connectivity index (χ2n) is 22.2. The van der Waals surface area contributed by atoms with Crippen LogP contribution in [0.25, 0.3) is 0 Å². The van der Waals surface area contributed by atoms with Gasteiger partial charge in [0.15, 0.2) is 6.29 Å². The minimum Gasteiger partial charge on any atom is -0.481 e. The second kappa shape index (κ2) is 35.2. The number of carbonyl (C=O) groups is 6. The molecule has 5 rings (SSSR count). The van der Waals surface area contributed by atoms with Crippen LogP contribution in [-0.4, -0.2) is 257 Å². The third-order valence-corrected chi connectivity index (χ3v) is 15.7. The maximum absolute atomic E-state index is 12.5. The third-order valence-electron chi connectivity index (χ3n) is 15.7. The molecule has 3 aliphatic heterocycles. The van der Waals surface area contributed by atoms with Gasteiger partial charge in [0.05, 0.1) is 19.7 Å². The molecule has 3 fully saturated rings. The van der Waals surface area contributed by atoms with E-state index >= 15 is 0 Å². The lowest BCUT2D eigenvalue weighted by atomic mass is 9.89. The molecule has 3 amide bonds. The number of piperazine rings is 1. The number of carboxylic acid groups (broad SMARTS) is 4. The predicted molar refractivity (Wildman–Crippen MR) is 311 cm³/mol. The van der Waals surface area contributed by atoms with E-state index in [-0.39, 0.29) is 50.9 Å². The van der Waals surface area contributed by atoms with Gasteiger partial charge in [0, 0.05) is 117 Å². The number of urea groups is 1. The Morgan fingerprint density at radius 2 is 1.30 bits per heavy atom. The molecule has 82 heavy (non-hydrogen) atoms. The first kappa shape index (κ1) is 66.8. The zero-order chi connectivity index (χ0) is 59.4. The largest absolute Gasteiger partial charge is 0.481 e. The number of aliphatic carboxylic acids is 4. The van der Waals surface area contributed by atoms with E-state index in [1.165, 1.54) is 6.42 Å². The van der Waals surface area contributed by atoms with Gasteiger partial charge in [-0.15, -0.1) is 0 Å². The topological polar surface area (TPSA) is 322 Å². The van der Waals surface area contributed by atoms with Crippen molar-refractivity contribution < 1.29 is 59.0 Å². The molecular formula is C56H94N14O12. The van der Waals surface area contributed by atoms with Crippen LogP contribution in [0.3, 0.4) is 0 Å². The van der Waals surface area contributed by atoms with Crippen LogP contribution in [0.4, 0.5) is 28.3 Å². The van der Waals surface area contributed by atoms with Gasteiger partial charge in [0.25, 0.3) is 0 Å². The van der Waals surface area contributed by atoms with Gasteiger partial charge in [-0.25, -0.2) is 9.59 Å². The van der Waals surface area contributed by atoms with Crippen molar-refractivity contribution in [1.82, 2.24) is 55.4 Å². The molecule has 3 saturated heterocycles. The van der Waals surface area contributed by atoms with Crippen molar-refractivity contribution in [3.63, 3.8) is 0 Å². The smallest absolute Gasteiger partial charge is 0.326 e. The molecule has 0 radical (unpaired) electrons. The summed E-state index contributed by atoms with van der Waals surface area (Å²) in [4.78, 5) is 102. The fourth-order valence-corrected chi connectivity index (χ4v) is 10.5. The molecule has 0 bridgehead atoms. The quantitative estimate of drug-likeness (QED) is 0.0455. The molecule has 26 heteroatoms. The van der Waals surface area contributed by atoms with E-state index < -0.39 is 47.8 Å². The highest BCUT2D eigenvalue weighted by atomic mass is 16.6. The number of likely N-dealkylation sites (N-methyl/N-ethyl adjacent to an activating group) is 2. The summed E-state index contributed by atoms with van der Waals surface area (Å²) in [6, 6.07) is 5.72. The monoisotopic (exact) mass is 1150 g/mol. The van der Waals surface area contributed by atoms with E-state index in [9.17, 15) is 49.2 Å². The summed E-state index contributed by atoms with van der Waals surface area (Å²) in [6.45, 7) is 15.2. The van der Waals surface area contributed by atoms with Crippen molar-refractivity contribution in [2.45, 2.75) is 134 Å². The molecule has 3 aliphatic rings. The molecule has 0 aliphatic carbocycles. The number of amides is 3. The summed E-state index contributed by atoms with van der Waals surface area (Å²) < 4.78 is 4.92. The number of carbonyl (C=O) groups excluding carboxylic acids is 2. The number of unbranched alkanes of at least 4 members (excludes halogenated alkanes) is 8. The summed E-state index contributed by atoms with van der Waals surface area (Å²) in [7, 11) is 3.81. The predicted octanol–water partition coefficient (Wildman–Crippen LogP) is 2.65. The number of aromatic nitrogens is 3. The molecule has 1 aromatic heterocycles. The first-order chi connectivity index (χ1) is 39.3. The van der Waals surface area contributed by atoms with Crippen molar-refractivity contribution in [2.24, 2.45) is 0 Å². The molecule has 9 N–H and O–H groups in total. The highest BCUT2D eigenvalue weighted by Crippen LogP contribution is 2.29. The van der Waals surface area contributed by atoms with Crippen LogP contribution >= 0.6 is 0 Å². The number of hydrogen-bond acceptors (Lipinski definition) is 19. The number of anilines is 4. The Bertz CT molecular complexity index is 2300. The molecule has 0 saturated carbocycles. The lowest BCUT2D eigenvalue weighted by Crippen LogP contribution is -2.70. The van der Waals surface area contributed by atoms with Crippen molar-refractivity contribution in [3.05, 3.63) is 29.8 Å². The minimum absolute atomic E-state index is 0.0418. The van der Waals surface area contributed by atoms with E-state index in [0.717, 1.165) is 128 Å². The summed E-state index contributed by atoms with van der Waals surface area (Å²) in [5, 5.41) is 59.6. The summed E-state index contributed by atoms with van der Waals surface area (Å²) in [5.74, 6) is -2.60. The molecule has 2 unspecified atom stereocenters. The fourth-order valence-electron chi connectivity index (χ4n) is 10.5. The van der Waals surface area contributed by atoms with Crippen LogP contribution in [0.2, 0.25) is 0 Å².